The Morgan fingerprint density at radius 1 is 0.289 bits per heavy atom. The van der Waals surface area contributed by atoms with Crippen molar-refractivity contribution in [1.82, 2.24) is 101 Å². The largest absolute Gasteiger partial charge is 0.480 e. The average Bonchev–Trinajstić information content (AvgIpc) is 1.65. The van der Waals surface area contributed by atoms with Crippen molar-refractivity contribution in [2.24, 2.45) is 0 Å². The van der Waals surface area contributed by atoms with Crippen molar-refractivity contribution in [1.29, 1.82) is 0 Å². The summed E-state index contributed by atoms with van der Waals surface area (Å²) in [6.07, 6.45) is -3.28. The number of hydrogen-bond donors (Lipinski definition) is 16. The molecule has 0 spiro atoms. The molecule has 704 valence electrons. The maximum absolute atomic E-state index is 14.4. The van der Waals surface area contributed by atoms with Gasteiger partial charge in [-0.1, -0.05) is 0 Å². The lowest BCUT2D eigenvalue weighted by Crippen LogP contribution is -2.57. The molecule has 13 aliphatic rings. The number of nitrogens with zero attached hydrogens (tertiary/aromatic N) is 12. The van der Waals surface area contributed by atoms with Gasteiger partial charge in [-0.3, -0.25) is 91.1 Å². The monoisotopic (exact) mass is 1820 g/mol. The zero-order valence-electron chi connectivity index (χ0n) is 70.9. The van der Waals surface area contributed by atoms with Gasteiger partial charge in [-0.25, -0.2) is 4.79 Å². The average molecular weight is 1820 g/mol. The van der Waals surface area contributed by atoms with Gasteiger partial charge in [-0.05, 0) is 96.3 Å². The van der Waals surface area contributed by atoms with Crippen molar-refractivity contribution >= 4 is 131 Å². The number of carbonyl (C=O) groups excluding carboxylic acids is 19. The van der Waals surface area contributed by atoms with Crippen LogP contribution in [0.3, 0.4) is 0 Å². The highest BCUT2D eigenvalue weighted by Crippen LogP contribution is 2.34. The standard InChI is InChI=1S/C80H116N20O27S/c101-41-22-47(81-28-41)73(119)89-15-1-8-49(89)68(114)83-30-62(108)97-36-43(103)24-57(97)76(122)92-18-4-11-52(92)71(117)86-33-65(111)99-38-45(105)26-59(99)78(124)93-19-5-12-53(93)70(116)85-32-64(110)96-35-42(102)23-56(96)75(121)91-17-3-10-51(91)67(113)82-29-61(107)88-48(40-128)74(120)90-16-2-9-50(90)69(115)84-31-63(109)98-37-44(104)25-58(98)77(123)94-20-6-13-54(94)72(118)87-34-66(112)100-39-46(106)27-60(100)79(125)95-21-7-14-55(95)80(126)127/h41-60,81,101-106,128H,1-40H2,(H,82,113)(H,83,114)(H,84,115)(H,85,116)(H,86,117)(H,87,118)(H,88,107)(H,126,127)/t41-,42-,43-,44-,45-,46-,47+,48+,49+,50+,51+,52+,53+,54+,55+,56+,57+,58+,59+,60+/m1/s1. The molecule has 0 unspecified atom stereocenters. The zero-order valence-corrected chi connectivity index (χ0v) is 71.8. The van der Waals surface area contributed by atoms with E-state index >= 15 is 0 Å². The van der Waals surface area contributed by atoms with Crippen molar-refractivity contribution in [3.8, 4) is 0 Å². The van der Waals surface area contributed by atoms with Crippen molar-refractivity contribution in [3.05, 3.63) is 0 Å². The fourth-order valence-electron chi connectivity index (χ4n) is 20.6. The number of amides is 19. The topological polar surface area (TPSA) is 618 Å². The van der Waals surface area contributed by atoms with Crippen molar-refractivity contribution in [3.63, 3.8) is 0 Å². The van der Waals surface area contributed by atoms with Crippen LogP contribution in [0.15, 0.2) is 0 Å². The molecule has 13 aliphatic heterocycles. The number of hydrogen-bond acceptors (Lipinski definition) is 28. The smallest absolute Gasteiger partial charge is 0.326 e. The Kier molecular flexibility index (Phi) is 30.8. The minimum Gasteiger partial charge on any atom is -0.480 e. The van der Waals surface area contributed by atoms with Gasteiger partial charge in [0.15, 0.2) is 0 Å². The fourth-order valence-corrected chi connectivity index (χ4v) is 20.9. The lowest BCUT2D eigenvalue weighted by atomic mass is 10.1. The number of β-amino-alcohol motifs (C(OH)–C–C–N with tert-alkyl or cyclic N) is 6. The molecule has 0 saturated carbocycles. The molecule has 0 aromatic rings. The van der Waals surface area contributed by atoms with E-state index in [1.165, 1.54) is 34.3 Å². The van der Waals surface area contributed by atoms with E-state index in [2.05, 4.69) is 55.2 Å². The first-order chi connectivity index (χ1) is 61.1. The number of thiol groups is 1. The van der Waals surface area contributed by atoms with Gasteiger partial charge in [-0.2, -0.15) is 12.6 Å². The molecule has 0 bridgehead atoms. The summed E-state index contributed by atoms with van der Waals surface area (Å²) in [5.41, 5.74) is 0. The van der Waals surface area contributed by atoms with Crippen molar-refractivity contribution in [2.45, 2.75) is 250 Å². The van der Waals surface area contributed by atoms with Gasteiger partial charge in [0.25, 0.3) is 0 Å². The molecular formula is C80H116N20O27S. The zero-order chi connectivity index (χ0) is 92.0. The molecule has 13 heterocycles. The van der Waals surface area contributed by atoms with Gasteiger partial charge < -0.3 is 137 Å². The number of carbonyl (C=O) groups is 20. The summed E-state index contributed by atoms with van der Waals surface area (Å²) >= 11 is 4.29. The molecule has 13 fully saturated rings. The molecule has 47 nitrogen and oxygen atoms in total. The highest BCUT2D eigenvalue weighted by atomic mass is 32.1. The molecule has 20 atom stereocenters. The van der Waals surface area contributed by atoms with Crippen LogP contribution in [0.25, 0.3) is 0 Å². The maximum Gasteiger partial charge on any atom is 0.326 e. The first kappa shape index (κ1) is 95.1. The first-order valence-electron chi connectivity index (χ1n) is 44.3. The van der Waals surface area contributed by atoms with E-state index in [9.17, 15) is 132 Å². The number of nitrogens with one attached hydrogen (secondary N) is 8. The summed E-state index contributed by atoms with van der Waals surface area (Å²) in [5.74, 6) is -14.9. The van der Waals surface area contributed by atoms with E-state index in [-0.39, 0.29) is 167 Å². The van der Waals surface area contributed by atoms with Crippen LogP contribution in [0.2, 0.25) is 0 Å². The number of aliphatic carboxylic acids is 1. The molecular weight excluding hydrogens is 1710 g/mol. The number of likely N-dealkylation sites (tertiary alicyclic amines) is 12. The van der Waals surface area contributed by atoms with Crippen LogP contribution in [0.4, 0.5) is 0 Å². The number of rotatable bonds is 28. The van der Waals surface area contributed by atoms with Crippen LogP contribution in [0.5, 0.6) is 0 Å². The van der Waals surface area contributed by atoms with E-state index in [1.54, 1.807) is 0 Å². The van der Waals surface area contributed by atoms with Crippen LogP contribution in [-0.4, -0.2) is 464 Å². The predicted octanol–water partition coefficient (Wildman–Crippen LogP) is -12.3. The van der Waals surface area contributed by atoms with E-state index in [1.807, 2.05) is 0 Å². The maximum atomic E-state index is 14.4. The molecule has 15 N–H and O–H groups in total. The Bertz CT molecular complexity index is 4340. The van der Waals surface area contributed by atoms with E-state index in [4.69, 9.17) is 0 Å². The molecule has 19 amide bonds. The molecule has 128 heavy (non-hydrogen) atoms. The molecule has 13 saturated heterocycles. The van der Waals surface area contributed by atoms with Crippen LogP contribution in [0.1, 0.15) is 128 Å². The van der Waals surface area contributed by atoms with Crippen molar-refractivity contribution < 1.29 is 132 Å². The summed E-state index contributed by atoms with van der Waals surface area (Å²) in [6, 6.07) is -15.9. The Hall–Kier alpha value is -10.5. The Labute approximate surface area is 740 Å². The van der Waals surface area contributed by atoms with Crippen LogP contribution in [0, 0.1) is 0 Å². The first-order valence-corrected chi connectivity index (χ1v) is 45.0. The van der Waals surface area contributed by atoms with Gasteiger partial charge in [0.2, 0.25) is 112 Å². The number of carboxylic acids is 1. The van der Waals surface area contributed by atoms with Crippen molar-refractivity contribution in [2.75, 3.05) is 130 Å². The predicted molar refractivity (Wildman–Crippen MR) is 438 cm³/mol. The Balaban J connectivity index is 0.527. The summed E-state index contributed by atoms with van der Waals surface area (Å²) in [6.45, 7) is -4.37. The lowest BCUT2D eigenvalue weighted by Gasteiger charge is -2.32. The number of aliphatic hydroxyl groups excluding tert-OH is 6. The van der Waals surface area contributed by atoms with E-state index < -0.39 is 273 Å². The second-order valence-electron chi connectivity index (χ2n) is 35.4. The molecule has 0 aromatic carbocycles. The van der Waals surface area contributed by atoms with Gasteiger partial charge >= 0.3 is 5.97 Å². The third-order valence-electron chi connectivity index (χ3n) is 27.0. The molecule has 0 aliphatic carbocycles. The Morgan fingerprint density at radius 2 is 0.523 bits per heavy atom. The summed E-state index contributed by atoms with van der Waals surface area (Å²) in [7, 11) is 0. The van der Waals surface area contributed by atoms with Crippen LogP contribution >= 0.6 is 12.6 Å². The summed E-state index contributed by atoms with van der Waals surface area (Å²) in [5, 5.41) is 93.9. The van der Waals surface area contributed by atoms with E-state index in [0.29, 0.717) is 57.9 Å². The minimum absolute atomic E-state index is 0.0379. The highest BCUT2D eigenvalue weighted by Gasteiger charge is 2.53. The fraction of sp³-hybridized carbons (Fsp3) is 0.750. The third-order valence-corrected chi connectivity index (χ3v) is 27.4. The molecule has 0 aromatic heterocycles. The highest BCUT2D eigenvalue weighted by molar-refractivity contribution is 7.80. The summed E-state index contributed by atoms with van der Waals surface area (Å²) < 4.78 is 0. The van der Waals surface area contributed by atoms with Gasteiger partial charge in [0.1, 0.15) is 78.5 Å². The summed E-state index contributed by atoms with van der Waals surface area (Å²) in [4.78, 5) is 289. The SMILES string of the molecule is O=C(CNC(=O)[C@@H]1CCCN1C(=O)[C@@H]1C[C@@H](O)CN1C(=O)CNC(=O)[C@@H]1CCCN1C(=O)[C@@H]1C[C@@H](O)CN1C(=O)CNC(=O)[C@@H]1CCCN1C(=O)[C@@H]1C[C@@H](O)CN1C(=O)CNC(=O)[C@@H]1CCCN1C(=O)[C@@H]1C[C@@H](O)CN1)N[C@@H](CS)C(=O)N1CCC[C@H]1C(=O)NCC(=O)N1C[C@H](O)C[C@H]1C(=O)N1CCC[C@H]1C(=O)NCC(=O)N1C[C@H](O)C[C@H]1C(=O)N1CCC[C@H]1C(=O)O. The number of aliphatic hydroxyl groups is 6. The molecule has 48 heteroatoms. The molecule has 0 radical (unpaired) electrons. The number of carboxylic acid groups (broad SMARTS) is 1. The van der Waals surface area contributed by atoms with E-state index in [0.717, 1.165) is 24.5 Å². The second-order valence-corrected chi connectivity index (χ2v) is 35.7. The van der Waals surface area contributed by atoms with Gasteiger partial charge in [-0.15, -0.1) is 0 Å². The minimum atomic E-state index is -1.34. The van der Waals surface area contributed by atoms with Crippen LogP contribution in [-0.2, 0) is 95.9 Å². The third kappa shape index (κ3) is 21.0. The lowest BCUT2D eigenvalue weighted by molar-refractivity contribution is -0.151. The quantitative estimate of drug-likeness (QED) is 0.0324. The van der Waals surface area contributed by atoms with Gasteiger partial charge in [0, 0.05) is 123 Å². The Morgan fingerprint density at radius 3 is 0.773 bits per heavy atom. The van der Waals surface area contributed by atoms with Crippen LogP contribution < -0.4 is 42.5 Å². The second kappa shape index (κ2) is 41.5. The normalized spacial score (nSPS) is 30.6. The molecule has 13 rings (SSSR count). The van der Waals surface area contributed by atoms with Gasteiger partial charge in [0.05, 0.1) is 81.9 Å².